The number of carbonyl (C=O) groups excluding carboxylic acids is 1. The number of benzene rings is 4. The van der Waals surface area contributed by atoms with Crippen LogP contribution >= 0.6 is 11.8 Å². The molecule has 0 fully saturated rings. The molecule has 0 aliphatic heterocycles. The summed E-state index contributed by atoms with van der Waals surface area (Å²) in [6, 6.07) is 24.7. The first-order chi connectivity index (χ1) is 15.9. The van der Waals surface area contributed by atoms with Crippen molar-refractivity contribution in [2.75, 3.05) is 5.75 Å². The van der Waals surface area contributed by atoms with Crippen LogP contribution in [0.3, 0.4) is 0 Å². The van der Waals surface area contributed by atoms with E-state index in [1.54, 1.807) is 42.5 Å². The van der Waals surface area contributed by atoms with Gasteiger partial charge in [-0.3, -0.25) is 4.79 Å². The predicted octanol–water partition coefficient (Wildman–Crippen LogP) is 5.54. The monoisotopic (exact) mass is 476 g/mol. The van der Waals surface area contributed by atoms with Gasteiger partial charge in [0.1, 0.15) is 5.82 Å². The molecule has 5 nitrogen and oxygen atoms in total. The zero-order chi connectivity index (χ0) is 23.0. The first-order valence-electron chi connectivity index (χ1n) is 10.1. The number of Topliss-reactive ketones (excluding diaryl/α,β-unsaturated/α-hetero) is 1. The molecule has 33 heavy (non-hydrogen) atoms. The lowest BCUT2D eigenvalue weighted by Gasteiger charge is -2.11. The van der Waals surface area contributed by atoms with Crippen LogP contribution in [0.2, 0.25) is 0 Å². The molecule has 1 aromatic heterocycles. The Balaban J connectivity index is 1.56. The lowest BCUT2D eigenvalue weighted by molar-refractivity contribution is 0.102. The maximum Gasteiger partial charge on any atom is 0.270 e. The van der Waals surface area contributed by atoms with Gasteiger partial charge in [-0.05, 0) is 59.3 Å². The number of hydrogen-bond donors (Lipinski definition) is 0. The summed E-state index contributed by atoms with van der Waals surface area (Å²) >= 11 is 1.03. The van der Waals surface area contributed by atoms with Crippen molar-refractivity contribution in [3.8, 4) is 0 Å². The number of thioether (sulfide) groups is 1. The predicted molar refractivity (Wildman–Crippen MR) is 128 cm³/mol. The van der Waals surface area contributed by atoms with E-state index in [1.165, 1.54) is 28.2 Å². The Morgan fingerprint density at radius 2 is 1.58 bits per heavy atom. The number of aromatic nitrogens is 2. The number of rotatable bonds is 6. The quantitative estimate of drug-likeness (QED) is 0.238. The van der Waals surface area contributed by atoms with Crippen LogP contribution in [0, 0.1) is 5.82 Å². The molecule has 8 heteroatoms. The second-order valence-electron chi connectivity index (χ2n) is 7.38. The zero-order valence-electron chi connectivity index (χ0n) is 17.2. The molecule has 0 radical (unpaired) electrons. The fourth-order valence-corrected chi connectivity index (χ4v) is 6.23. The van der Waals surface area contributed by atoms with Gasteiger partial charge in [0, 0.05) is 5.56 Å². The van der Waals surface area contributed by atoms with Gasteiger partial charge in [0.15, 0.2) is 10.9 Å². The first-order valence-corrected chi connectivity index (χ1v) is 12.5. The van der Waals surface area contributed by atoms with Crippen LogP contribution in [0.15, 0.2) is 101 Å². The minimum atomic E-state index is -3.99. The summed E-state index contributed by atoms with van der Waals surface area (Å²) in [5.41, 5.74) is 1.30. The number of ketones is 1. The fourth-order valence-electron chi connectivity index (χ4n) is 3.59. The molecule has 0 aliphatic rings. The molecule has 0 atom stereocenters. The smallest absolute Gasteiger partial charge is 0.270 e. The largest absolute Gasteiger partial charge is 0.293 e. The SMILES string of the molecule is O=C(CSc1nc2ccccc2n1S(=O)(=O)c1ccc2ccccc2c1)c1ccc(F)cc1. The van der Waals surface area contributed by atoms with Gasteiger partial charge in [0.25, 0.3) is 10.0 Å². The summed E-state index contributed by atoms with van der Waals surface area (Å²) in [7, 11) is -3.99. The number of imidazole rings is 1. The lowest BCUT2D eigenvalue weighted by atomic mass is 10.1. The van der Waals surface area contributed by atoms with E-state index >= 15 is 0 Å². The van der Waals surface area contributed by atoms with Crippen LogP contribution in [0.5, 0.6) is 0 Å². The highest BCUT2D eigenvalue weighted by Crippen LogP contribution is 2.30. The van der Waals surface area contributed by atoms with Gasteiger partial charge in [-0.15, -0.1) is 0 Å². The maximum absolute atomic E-state index is 13.7. The summed E-state index contributed by atoms with van der Waals surface area (Å²) < 4.78 is 41.8. The average Bonchev–Trinajstić information content (AvgIpc) is 3.22. The third-order valence-electron chi connectivity index (χ3n) is 5.25. The van der Waals surface area contributed by atoms with Crippen molar-refractivity contribution in [3.05, 3.63) is 102 Å². The number of para-hydroxylation sites is 2. The maximum atomic E-state index is 13.7. The second-order valence-corrected chi connectivity index (χ2v) is 10.1. The third-order valence-corrected chi connectivity index (χ3v) is 8.00. The molecule has 0 saturated carbocycles. The van der Waals surface area contributed by atoms with Crippen LogP contribution in [-0.4, -0.2) is 28.9 Å². The Kier molecular flexibility index (Phi) is 5.47. The van der Waals surface area contributed by atoms with E-state index in [2.05, 4.69) is 4.98 Å². The number of halogens is 1. The Labute approximate surface area is 193 Å². The number of fused-ring (bicyclic) bond motifs is 2. The second kappa shape index (κ2) is 8.46. The Hall–Kier alpha value is -3.49. The molecule has 5 aromatic rings. The Morgan fingerprint density at radius 1 is 0.879 bits per heavy atom. The molecule has 0 unspecified atom stereocenters. The van der Waals surface area contributed by atoms with E-state index in [4.69, 9.17) is 0 Å². The van der Waals surface area contributed by atoms with Gasteiger partial charge < -0.3 is 0 Å². The summed E-state index contributed by atoms with van der Waals surface area (Å²) in [6.45, 7) is 0. The van der Waals surface area contributed by atoms with Gasteiger partial charge in [-0.1, -0.05) is 54.2 Å². The molecular weight excluding hydrogens is 459 g/mol. The molecule has 4 aromatic carbocycles. The molecule has 0 spiro atoms. The van der Waals surface area contributed by atoms with Crippen molar-refractivity contribution in [2.24, 2.45) is 0 Å². The van der Waals surface area contributed by atoms with Crippen LogP contribution in [0.4, 0.5) is 4.39 Å². The first kappa shape index (κ1) is 21.4. The summed E-state index contributed by atoms with van der Waals surface area (Å²) in [5.74, 6) is -0.716. The van der Waals surface area contributed by atoms with Crippen molar-refractivity contribution in [1.82, 2.24) is 8.96 Å². The normalized spacial score (nSPS) is 11.8. The lowest BCUT2D eigenvalue weighted by Crippen LogP contribution is -2.15. The molecule has 0 bridgehead atoms. The molecule has 164 valence electrons. The Bertz CT molecular complexity index is 1610. The van der Waals surface area contributed by atoms with Crippen molar-refractivity contribution in [1.29, 1.82) is 0 Å². The minimum Gasteiger partial charge on any atom is -0.293 e. The zero-order valence-corrected chi connectivity index (χ0v) is 18.8. The van der Waals surface area contributed by atoms with Crippen molar-refractivity contribution in [3.63, 3.8) is 0 Å². The molecule has 5 rings (SSSR count). The highest BCUT2D eigenvalue weighted by atomic mass is 32.2. The van der Waals surface area contributed by atoms with Crippen molar-refractivity contribution in [2.45, 2.75) is 10.1 Å². The molecular formula is C25H17FN2O3S2. The van der Waals surface area contributed by atoms with Crippen LogP contribution in [0.25, 0.3) is 21.8 Å². The van der Waals surface area contributed by atoms with Crippen LogP contribution in [-0.2, 0) is 10.0 Å². The van der Waals surface area contributed by atoms with Gasteiger partial charge in [-0.2, -0.15) is 0 Å². The Morgan fingerprint density at radius 3 is 2.36 bits per heavy atom. The van der Waals surface area contributed by atoms with Crippen molar-refractivity contribution >= 4 is 49.4 Å². The molecule has 0 saturated heterocycles. The molecule has 0 aliphatic carbocycles. The third kappa shape index (κ3) is 4.03. The van der Waals surface area contributed by atoms with Gasteiger partial charge >= 0.3 is 0 Å². The molecule has 0 N–H and O–H groups in total. The number of carbonyl (C=O) groups is 1. The van der Waals surface area contributed by atoms with E-state index in [1.807, 2.05) is 24.3 Å². The van der Waals surface area contributed by atoms with Gasteiger partial charge in [0.05, 0.1) is 21.7 Å². The van der Waals surface area contributed by atoms with E-state index in [0.717, 1.165) is 22.5 Å². The standard InChI is InChI=1S/C25H17FN2O3S2/c26-20-12-9-18(10-13-20)24(29)16-32-25-27-22-7-3-4-8-23(22)28(25)33(30,31)21-14-11-17-5-1-2-6-19(17)15-21/h1-15H,16H2. The van der Waals surface area contributed by atoms with Crippen LogP contribution in [0.1, 0.15) is 10.4 Å². The fraction of sp³-hybridized carbons (Fsp3) is 0.0400. The van der Waals surface area contributed by atoms with E-state index < -0.39 is 15.8 Å². The summed E-state index contributed by atoms with van der Waals surface area (Å²) in [4.78, 5) is 17.2. The highest BCUT2D eigenvalue weighted by Gasteiger charge is 2.25. The topological polar surface area (TPSA) is 69.0 Å². The minimum absolute atomic E-state index is 0.0395. The van der Waals surface area contributed by atoms with E-state index in [9.17, 15) is 17.6 Å². The van der Waals surface area contributed by atoms with Crippen molar-refractivity contribution < 1.29 is 17.6 Å². The molecule has 1 heterocycles. The van der Waals surface area contributed by atoms with E-state index in [-0.39, 0.29) is 21.6 Å². The van der Waals surface area contributed by atoms with Crippen LogP contribution < -0.4 is 0 Å². The number of nitrogens with zero attached hydrogens (tertiary/aromatic N) is 2. The average molecular weight is 477 g/mol. The number of hydrogen-bond acceptors (Lipinski definition) is 5. The molecule has 0 amide bonds. The summed E-state index contributed by atoms with van der Waals surface area (Å²) in [6.07, 6.45) is 0. The highest BCUT2D eigenvalue weighted by molar-refractivity contribution is 8.00. The van der Waals surface area contributed by atoms with Gasteiger partial charge in [0.2, 0.25) is 0 Å². The summed E-state index contributed by atoms with van der Waals surface area (Å²) in [5, 5.41) is 1.94. The van der Waals surface area contributed by atoms with Gasteiger partial charge in [-0.25, -0.2) is 21.8 Å². The van der Waals surface area contributed by atoms with E-state index in [0.29, 0.717) is 16.6 Å².